The molecule has 6 fully saturated rings. The van der Waals surface area contributed by atoms with Crippen molar-refractivity contribution in [3.8, 4) is 0 Å². The molecular formula is C29H44O2. The van der Waals surface area contributed by atoms with Gasteiger partial charge in [0, 0.05) is 23.7 Å². The minimum Gasteiger partial charge on any atom is -0.299 e. The maximum atomic E-state index is 13.9. The van der Waals surface area contributed by atoms with Gasteiger partial charge in [0.05, 0.1) is 0 Å². The highest BCUT2D eigenvalue weighted by Crippen LogP contribution is 2.63. The Morgan fingerprint density at radius 2 is 0.677 bits per heavy atom. The van der Waals surface area contributed by atoms with Gasteiger partial charge in [-0.15, -0.1) is 0 Å². The topological polar surface area (TPSA) is 34.1 Å². The Kier molecular flexibility index (Phi) is 5.80. The highest BCUT2D eigenvalue weighted by atomic mass is 16.1. The Bertz CT molecular complexity index is 697. The normalized spacial score (nSPS) is 50.5. The van der Waals surface area contributed by atoms with Crippen molar-refractivity contribution in [3.63, 3.8) is 0 Å². The molecule has 6 aliphatic rings. The molecule has 2 heteroatoms. The summed E-state index contributed by atoms with van der Waals surface area (Å²) in [5.74, 6) is 6.56. The Balaban J connectivity index is 1.25. The number of carbonyl (C=O) groups is 2. The average molecular weight is 425 g/mol. The van der Waals surface area contributed by atoms with E-state index in [2.05, 4.69) is 0 Å². The van der Waals surface area contributed by atoms with Gasteiger partial charge >= 0.3 is 0 Å². The summed E-state index contributed by atoms with van der Waals surface area (Å²) in [6, 6.07) is 0. The van der Waals surface area contributed by atoms with Crippen LogP contribution in [0.25, 0.3) is 0 Å². The maximum absolute atomic E-state index is 13.9. The van der Waals surface area contributed by atoms with Gasteiger partial charge in [0.2, 0.25) is 0 Å². The van der Waals surface area contributed by atoms with Crippen molar-refractivity contribution in [2.75, 3.05) is 0 Å². The van der Waals surface area contributed by atoms with E-state index < -0.39 is 0 Å². The molecule has 6 rings (SSSR count). The first kappa shape index (κ1) is 20.9. The molecule has 10 atom stereocenters. The van der Waals surface area contributed by atoms with Gasteiger partial charge in [0.1, 0.15) is 11.6 Å². The van der Waals surface area contributed by atoms with E-state index in [-0.39, 0.29) is 0 Å². The van der Waals surface area contributed by atoms with Crippen LogP contribution in [0.3, 0.4) is 0 Å². The van der Waals surface area contributed by atoms with Crippen molar-refractivity contribution in [3.05, 3.63) is 0 Å². The van der Waals surface area contributed by atoms with Gasteiger partial charge < -0.3 is 0 Å². The molecule has 0 amide bonds. The van der Waals surface area contributed by atoms with Crippen LogP contribution < -0.4 is 0 Å². The predicted molar refractivity (Wildman–Crippen MR) is 123 cm³/mol. The Hall–Kier alpha value is -0.660. The summed E-state index contributed by atoms with van der Waals surface area (Å²) in [6.07, 6.45) is 22.0. The first-order valence-electron chi connectivity index (χ1n) is 14.3. The highest BCUT2D eigenvalue weighted by molar-refractivity contribution is 5.89. The fraction of sp³-hybridized carbons (Fsp3) is 0.931. The van der Waals surface area contributed by atoms with Gasteiger partial charge in [0.15, 0.2) is 0 Å². The van der Waals surface area contributed by atoms with E-state index in [4.69, 9.17) is 0 Å². The minimum absolute atomic E-state index is 0.327. The molecule has 6 saturated carbocycles. The van der Waals surface area contributed by atoms with Crippen LogP contribution in [-0.4, -0.2) is 11.6 Å². The zero-order valence-corrected chi connectivity index (χ0v) is 19.6. The van der Waals surface area contributed by atoms with E-state index in [1.165, 1.54) is 109 Å². The fourth-order valence-electron chi connectivity index (χ4n) is 10.3. The molecule has 6 aliphatic carbocycles. The second-order valence-electron chi connectivity index (χ2n) is 12.5. The van der Waals surface area contributed by atoms with Crippen LogP contribution in [0, 0.1) is 59.2 Å². The molecule has 0 aromatic rings. The van der Waals surface area contributed by atoms with Crippen LogP contribution in [-0.2, 0) is 9.59 Å². The molecule has 0 radical (unpaired) electrons. The molecule has 0 saturated heterocycles. The van der Waals surface area contributed by atoms with Crippen LogP contribution in [0.4, 0.5) is 0 Å². The molecule has 0 N–H and O–H groups in total. The third-order valence-corrected chi connectivity index (χ3v) is 11.4. The highest BCUT2D eigenvalue weighted by Gasteiger charge is 2.61. The second kappa shape index (κ2) is 8.60. The molecule has 172 valence electrons. The fourth-order valence-corrected chi connectivity index (χ4v) is 10.3. The summed E-state index contributed by atoms with van der Waals surface area (Å²) in [5.41, 5.74) is 0. The van der Waals surface area contributed by atoms with E-state index >= 15 is 0 Å². The molecule has 31 heavy (non-hydrogen) atoms. The van der Waals surface area contributed by atoms with Gasteiger partial charge in [-0.1, -0.05) is 57.8 Å². The first-order valence-corrected chi connectivity index (χ1v) is 14.3. The largest absolute Gasteiger partial charge is 0.299 e. The molecule has 2 nitrogen and oxygen atoms in total. The standard InChI is InChI=1S/C29H44O2/c30-28-24-12-7-4-2-1-3-6-10-18(24)20-14-16-23-22(26(20)28)17-15-21-19-11-8-5-9-13-25(19)29(31)27(21)23/h18-27H,1-17H2. The smallest absolute Gasteiger partial charge is 0.139 e. The predicted octanol–water partition coefficient (Wildman–Crippen LogP) is 7.00. The maximum Gasteiger partial charge on any atom is 0.139 e. The van der Waals surface area contributed by atoms with Crippen LogP contribution >= 0.6 is 0 Å². The summed E-state index contributed by atoms with van der Waals surface area (Å²) < 4.78 is 0. The lowest BCUT2D eigenvalue weighted by atomic mass is 9.55. The number of rotatable bonds is 0. The zero-order chi connectivity index (χ0) is 20.9. The molecule has 0 aromatic carbocycles. The van der Waals surface area contributed by atoms with Crippen LogP contribution in [0.15, 0.2) is 0 Å². The SMILES string of the molecule is O=C1C2CCCCCCCCC2C2CCC3C(CCC4C5CCCCCC5C(=O)C43)C12. The number of carbonyl (C=O) groups excluding carboxylic acids is 2. The number of ketones is 2. The second-order valence-corrected chi connectivity index (χ2v) is 12.5. The molecular weight excluding hydrogens is 380 g/mol. The molecule has 0 aliphatic heterocycles. The summed E-state index contributed by atoms with van der Waals surface area (Å²) in [4.78, 5) is 27.6. The number of hydrogen-bond acceptors (Lipinski definition) is 2. The third kappa shape index (κ3) is 3.40. The lowest BCUT2D eigenvalue weighted by molar-refractivity contribution is -0.135. The molecule has 0 bridgehead atoms. The Labute approximate surface area is 189 Å². The van der Waals surface area contributed by atoms with Crippen molar-refractivity contribution >= 4 is 11.6 Å². The Morgan fingerprint density at radius 1 is 0.355 bits per heavy atom. The van der Waals surface area contributed by atoms with Gasteiger partial charge in [-0.3, -0.25) is 9.59 Å². The van der Waals surface area contributed by atoms with E-state index in [0.29, 0.717) is 70.7 Å². The van der Waals surface area contributed by atoms with Crippen molar-refractivity contribution in [1.29, 1.82) is 0 Å². The van der Waals surface area contributed by atoms with Crippen molar-refractivity contribution in [2.45, 2.75) is 109 Å². The van der Waals surface area contributed by atoms with Gasteiger partial charge in [0.25, 0.3) is 0 Å². The van der Waals surface area contributed by atoms with E-state index in [0.717, 1.165) is 0 Å². The summed E-state index contributed by atoms with van der Waals surface area (Å²) in [5, 5.41) is 0. The van der Waals surface area contributed by atoms with Crippen molar-refractivity contribution in [1.82, 2.24) is 0 Å². The van der Waals surface area contributed by atoms with Gasteiger partial charge in [-0.25, -0.2) is 0 Å². The molecule has 0 aromatic heterocycles. The van der Waals surface area contributed by atoms with Gasteiger partial charge in [-0.2, -0.15) is 0 Å². The minimum atomic E-state index is 0.327. The van der Waals surface area contributed by atoms with E-state index in [9.17, 15) is 9.59 Å². The summed E-state index contributed by atoms with van der Waals surface area (Å²) in [7, 11) is 0. The number of hydrogen-bond donors (Lipinski definition) is 0. The average Bonchev–Trinajstić information content (AvgIpc) is 3.07. The van der Waals surface area contributed by atoms with Crippen molar-refractivity contribution < 1.29 is 9.59 Å². The molecule has 0 spiro atoms. The lowest BCUT2D eigenvalue weighted by Gasteiger charge is -2.48. The van der Waals surface area contributed by atoms with Crippen LogP contribution in [0.2, 0.25) is 0 Å². The quantitative estimate of drug-likeness (QED) is 0.419. The number of fused-ring (bicyclic) bond motifs is 9. The number of Topliss-reactive ketones (excluding diaryl/α,β-unsaturated/α-hetero) is 2. The first-order chi connectivity index (χ1) is 15.3. The van der Waals surface area contributed by atoms with Crippen LogP contribution in [0.5, 0.6) is 0 Å². The monoisotopic (exact) mass is 424 g/mol. The zero-order valence-electron chi connectivity index (χ0n) is 19.6. The third-order valence-electron chi connectivity index (χ3n) is 11.4. The van der Waals surface area contributed by atoms with E-state index in [1.807, 2.05) is 0 Å². The van der Waals surface area contributed by atoms with Gasteiger partial charge in [-0.05, 0) is 86.9 Å². The van der Waals surface area contributed by atoms with Crippen LogP contribution in [0.1, 0.15) is 109 Å². The van der Waals surface area contributed by atoms with E-state index in [1.54, 1.807) is 0 Å². The molecule has 10 unspecified atom stereocenters. The Morgan fingerprint density at radius 3 is 1.13 bits per heavy atom. The lowest BCUT2D eigenvalue weighted by Crippen LogP contribution is -2.45. The summed E-state index contributed by atoms with van der Waals surface area (Å²) >= 11 is 0. The van der Waals surface area contributed by atoms with Crippen molar-refractivity contribution in [2.24, 2.45) is 59.2 Å². The summed E-state index contributed by atoms with van der Waals surface area (Å²) in [6.45, 7) is 0. The molecule has 0 heterocycles.